The highest BCUT2D eigenvalue weighted by atomic mass is 35.5. The Kier molecular flexibility index (Phi) is 7.01. The molecule has 1 aromatic carbocycles. The van der Waals surface area contributed by atoms with E-state index < -0.39 is 46.6 Å². The standard InChI is InChI=1S/C21H23ClFN5O5/c1-26(2)20(32)21(33)27(3)14-5-4-8-28-17(14)25-15(16(29)19(28)31)18(30)24-10-11-6-7-13(23)12(22)9-11/h6-7,9,14,29H,4-5,8,10H2,1-3H3,(H,24,30). The molecule has 33 heavy (non-hydrogen) atoms. The van der Waals surface area contributed by atoms with Crippen LogP contribution < -0.4 is 10.9 Å². The van der Waals surface area contributed by atoms with Crippen LogP contribution in [0.1, 0.15) is 40.8 Å². The monoisotopic (exact) mass is 479 g/mol. The van der Waals surface area contributed by atoms with Gasteiger partial charge in [0.25, 0.3) is 11.5 Å². The van der Waals surface area contributed by atoms with E-state index in [2.05, 4.69) is 10.3 Å². The van der Waals surface area contributed by atoms with Gasteiger partial charge in [-0.1, -0.05) is 17.7 Å². The molecular weight excluding hydrogens is 457 g/mol. The van der Waals surface area contributed by atoms with Crippen molar-refractivity contribution in [2.24, 2.45) is 0 Å². The molecule has 12 heteroatoms. The van der Waals surface area contributed by atoms with Gasteiger partial charge in [0.15, 0.2) is 5.69 Å². The van der Waals surface area contributed by atoms with E-state index >= 15 is 0 Å². The third-order valence-electron chi connectivity index (χ3n) is 5.36. The van der Waals surface area contributed by atoms with E-state index in [9.17, 15) is 28.7 Å². The number of carbonyl (C=O) groups excluding carboxylic acids is 3. The van der Waals surface area contributed by atoms with Crippen molar-refractivity contribution < 1.29 is 23.9 Å². The minimum absolute atomic E-state index is 0.0580. The molecule has 10 nitrogen and oxygen atoms in total. The Morgan fingerprint density at radius 3 is 2.61 bits per heavy atom. The van der Waals surface area contributed by atoms with Crippen molar-refractivity contribution in [3.63, 3.8) is 0 Å². The van der Waals surface area contributed by atoms with Gasteiger partial charge in [0, 0.05) is 34.2 Å². The third kappa shape index (κ3) is 4.82. The van der Waals surface area contributed by atoms with Gasteiger partial charge >= 0.3 is 11.8 Å². The number of nitrogens with zero attached hydrogens (tertiary/aromatic N) is 4. The summed E-state index contributed by atoms with van der Waals surface area (Å²) < 4.78 is 14.5. The number of likely N-dealkylation sites (N-methyl/N-ethyl adjacent to an activating group) is 2. The van der Waals surface area contributed by atoms with Crippen molar-refractivity contribution in [1.82, 2.24) is 24.7 Å². The van der Waals surface area contributed by atoms with Crippen LogP contribution in [-0.4, -0.2) is 63.3 Å². The zero-order chi connectivity index (χ0) is 24.4. The van der Waals surface area contributed by atoms with Gasteiger partial charge in [-0.3, -0.25) is 23.7 Å². The molecule has 1 aliphatic heterocycles. The lowest BCUT2D eigenvalue weighted by Crippen LogP contribution is -2.45. The number of hydrogen-bond donors (Lipinski definition) is 2. The summed E-state index contributed by atoms with van der Waals surface area (Å²) in [4.78, 5) is 56.6. The lowest BCUT2D eigenvalue weighted by Gasteiger charge is -2.33. The first kappa shape index (κ1) is 24.2. The van der Waals surface area contributed by atoms with Crippen LogP contribution in [0.15, 0.2) is 23.0 Å². The average Bonchev–Trinajstić information content (AvgIpc) is 2.79. The van der Waals surface area contributed by atoms with Gasteiger partial charge in [-0.25, -0.2) is 9.37 Å². The summed E-state index contributed by atoms with van der Waals surface area (Å²) >= 11 is 5.74. The Bertz CT molecular complexity index is 1180. The molecule has 0 radical (unpaired) electrons. The predicted molar refractivity (Wildman–Crippen MR) is 116 cm³/mol. The van der Waals surface area contributed by atoms with E-state index in [1.54, 1.807) is 0 Å². The fourth-order valence-corrected chi connectivity index (χ4v) is 3.73. The Balaban J connectivity index is 1.91. The first-order valence-electron chi connectivity index (χ1n) is 10.1. The van der Waals surface area contributed by atoms with E-state index in [-0.39, 0.29) is 23.9 Å². The number of halogens is 2. The second-order valence-electron chi connectivity index (χ2n) is 7.83. The number of aromatic hydroxyl groups is 1. The van der Waals surface area contributed by atoms with Crippen molar-refractivity contribution in [2.75, 3.05) is 21.1 Å². The topological polar surface area (TPSA) is 125 Å². The molecule has 0 spiro atoms. The second kappa shape index (κ2) is 9.57. The highest BCUT2D eigenvalue weighted by molar-refractivity contribution is 6.34. The second-order valence-corrected chi connectivity index (χ2v) is 8.24. The zero-order valence-corrected chi connectivity index (χ0v) is 19.0. The average molecular weight is 480 g/mol. The van der Waals surface area contributed by atoms with Crippen LogP contribution in [-0.2, 0) is 22.7 Å². The summed E-state index contributed by atoms with van der Waals surface area (Å²) in [6, 6.07) is 3.17. The fourth-order valence-electron chi connectivity index (χ4n) is 3.53. The molecule has 1 unspecified atom stereocenters. The number of nitrogens with one attached hydrogen (secondary N) is 1. The number of fused-ring (bicyclic) bond motifs is 1. The minimum Gasteiger partial charge on any atom is -0.501 e. The normalized spacial score (nSPS) is 14.9. The minimum atomic E-state index is -0.837. The lowest BCUT2D eigenvalue weighted by atomic mass is 10.0. The molecule has 0 saturated carbocycles. The highest BCUT2D eigenvalue weighted by Crippen LogP contribution is 2.29. The van der Waals surface area contributed by atoms with Crippen molar-refractivity contribution in [3.05, 3.63) is 56.5 Å². The number of rotatable bonds is 4. The molecule has 0 aliphatic carbocycles. The van der Waals surface area contributed by atoms with Crippen LogP contribution in [0.4, 0.5) is 4.39 Å². The molecule has 1 atom stereocenters. The maximum atomic E-state index is 13.3. The number of benzene rings is 1. The summed E-state index contributed by atoms with van der Waals surface area (Å²) in [6.45, 7) is 0.183. The molecular formula is C21H23ClFN5O5. The van der Waals surface area contributed by atoms with Gasteiger partial charge in [-0.2, -0.15) is 0 Å². The molecule has 3 amide bonds. The maximum Gasteiger partial charge on any atom is 0.312 e. The van der Waals surface area contributed by atoms with E-state index in [0.29, 0.717) is 18.4 Å². The van der Waals surface area contributed by atoms with Gasteiger partial charge in [-0.15, -0.1) is 0 Å². The zero-order valence-electron chi connectivity index (χ0n) is 18.3. The Morgan fingerprint density at radius 2 is 1.97 bits per heavy atom. The van der Waals surface area contributed by atoms with Crippen LogP contribution >= 0.6 is 11.6 Å². The van der Waals surface area contributed by atoms with E-state index in [1.807, 2.05) is 0 Å². The molecule has 0 saturated heterocycles. The number of amides is 3. The molecule has 0 bridgehead atoms. The van der Waals surface area contributed by atoms with E-state index in [0.717, 1.165) is 11.0 Å². The molecule has 1 aromatic heterocycles. The summed E-state index contributed by atoms with van der Waals surface area (Å²) in [7, 11) is 4.31. The van der Waals surface area contributed by atoms with Crippen molar-refractivity contribution >= 4 is 29.3 Å². The van der Waals surface area contributed by atoms with Crippen LogP contribution in [0, 0.1) is 5.82 Å². The number of hydrogen-bond acceptors (Lipinski definition) is 6. The highest BCUT2D eigenvalue weighted by Gasteiger charge is 2.34. The molecule has 0 fully saturated rings. The Morgan fingerprint density at radius 1 is 1.27 bits per heavy atom. The molecule has 1 aliphatic rings. The third-order valence-corrected chi connectivity index (χ3v) is 5.65. The van der Waals surface area contributed by atoms with Gasteiger partial charge < -0.3 is 20.2 Å². The first-order valence-corrected chi connectivity index (χ1v) is 10.4. The van der Waals surface area contributed by atoms with E-state index in [1.165, 1.54) is 42.7 Å². The summed E-state index contributed by atoms with van der Waals surface area (Å²) in [5, 5.41) is 12.7. The summed E-state index contributed by atoms with van der Waals surface area (Å²) in [5.74, 6) is -3.71. The number of aromatic nitrogens is 2. The Hall–Kier alpha value is -3.47. The summed E-state index contributed by atoms with van der Waals surface area (Å²) in [6.07, 6.45) is 0.915. The SMILES string of the molecule is CN(C)C(=O)C(=O)N(C)C1CCCn2c1nc(C(=O)NCc1ccc(F)c(Cl)c1)c(O)c2=O. The lowest BCUT2D eigenvalue weighted by molar-refractivity contribution is -0.151. The largest absolute Gasteiger partial charge is 0.501 e. The van der Waals surface area contributed by atoms with Gasteiger partial charge in [0.2, 0.25) is 5.75 Å². The van der Waals surface area contributed by atoms with Crippen molar-refractivity contribution in [1.29, 1.82) is 0 Å². The van der Waals surface area contributed by atoms with Crippen LogP contribution in [0.3, 0.4) is 0 Å². The predicted octanol–water partition coefficient (Wildman–Crippen LogP) is 1.05. The fraction of sp³-hybridized carbons (Fsp3) is 0.381. The molecule has 176 valence electrons. The van der Waals surface area contributed by atoms with Crippen molar-refractivity contribution in [2.45, 2.75) is 32.0 Å². The van der Waals surface area contributed by atoms with Crippen LogP contribution in [0.25, 0.3) is 0 Å². The molecule has 3 rings (SSSR count). The number of carbonyl (C=O) groups is 3. The quantitative estimate of drug-likeness (QED) is 0.631. The Labute approximate surface area is 193 Å². The summed E-state index contributed by atoms with van der Waals surface area (Å²) in [5.41, 5.74) is -0.833. The molecule has 2 N–H and O–H groups in total. The van der Waals surface area contributed by atoms with Gasteiger partial charge in [0.1, 0.15) is 11.6 Å². The van der Waals surface area contributed by atoms with Crippen molar-refractivity contribution in [3.8, 4) is 5.75 Å². The molecule has 2 heterocycles. The van der Waals surface area contributed by atoms with Gasteiger partial charge in [0.05, 0.1) is 11.1 Å². The van der Waals surface area contributed by atoms with Crippen LogP contribution in [0.5, 0.6) is 5.75 Å². The first-order chi connectivity index (χ1) is 15.5. The molecule has 2 aromatic rings. The van der Waals surface area contributed by atoms with Gasteiger partial charge in [-0.05, 0) is 30.5 Å². The maximum absolute atomic E-state index is 13.3. The van der Waals surface area contributed by atoms with Crippen LogP contribution in [0.2, 0.25) is 5.02 Å². The smallest absolute Gasteiger partial charge is 0.312 e. The van der Waals surface area contributed by atoms with E-state index in [4.69, 9.17) is 11.6 Å².